The highest BCUT2D eigenvalue weighted by Gasteiger charge is 2.78. The van der Waals surface area contributed by atoms with E-state index in [4.69, 9.17) is 4.74 Å². The van der Waals surface area contributed by atoms with Crippen molar-refractivity contribution in [1.29, 1.82) is 0 Å². The molecule has 1 aromatic carbocycles. The number of aliphatic hydroxyl groups excluding tert-OH is 1. The van der Waals surface area contributed by atoms with Crippen molar-refractivity contribution in [2.45, 2.75) is 74.1 Å². The van der Waals surface area contributed by atoms with Gasteiger partial charge in [-0.25, -0.2) is 0 Å². The number of carbonyl (C=O) groups is 3. The van der Waals surface area contributed by atoms with Crippen LogP contribution in [-0.4, -0.2) is 73.5 Å². The van der Waals surface area contributed by atoms with Crippen LogP contribution in [0.15, 0.2) is 55.6 Å². The van der Waals surface area contributed by atoms with E-state index in [1.54, 1.807) is 33.7 Å². The Kier molecular flexibility index (Phi) is 7.88. The summed E-state index contributed by atoms with van der Waals surface area (Å²) in [4.78, 5) is 45.9. The van der Waals surface area contributed by atoms with Gasteiger partial charge in [0, 0.05) is 16.8 Å². The smallest absolute Gasteiger partial charge is 0.311 e. The lowest BCUT2D eigenvalue weighted by Crippen LogP contribution is -2.59. The number of nitrogens with zero attached hydrogens (tertiary/aromatic N) is 2. The number of hydrogen-bond acceptors (Lipinski definition) is 6. The van der Waals surface area contributed by atoms with Crippen LogP contribution in [0.3, 0.4) is 0 Å². The molecule has 3 fully saturated rings. The maximum atomic E-state index is 14.6. The fourth-order valence-electron chi connectivity index (χ4n) is 6.67. The molecular weight excluding hydrogens is 500 g/mol. The molecule has 0 aliphatic carbocycles. The van der Waals surface area contributed by atoms with Gasteiger partial charge in [0.05, 0.1) is 35.8 Å². The predicted octanol–water partition coefficient (Wildman–Crippen LogP) is 4.13. The Morgan fingerprint density at radius 1 is 1.24 bits per heavy atom. The molecule has 1 N–H and O–H groups in total. The number of fused-ring (bicyclic) bond motifs is 1. The quantitative estimate of drug-likeness (QED) is 0.273. The predicted molar refractivity (Wildman–Crippen MR) is 149 cm³/mol. The molecule has 2 amide bonds. The number of benzene rings is 1. The number of esters is 1. The largest absolute Gasteiger partial charge is 0.465 e. The van der Waals surface area contributed by atoms with Gasteiger partial charge in [0.2, 0.25) is 11.8 Å². The van der Waals surface area contributed by atoms with Gasteiger partial charge in [-0.2, -0.15) is 0 Å². The van der Waals surface area contributed by atoms with Gasteiger partial charge in [-0.15, -0.1) is 24.9 Å². The highest BCUT2D eigenvalue weighted by atomic mass is 32.2. The standard InChI is InChI=1S/C30H40N2O5S/c1-7-9-18-37-27(36)23-22-25(34)32(21(19-33)20-13-11-10-12-14-20)24(30(22)16-15-29(23,6)38-30)26(35)31(17-8-2)28(3,4)5/h7-8,10-14,21-24,33H,1-2,9,15-19H2,3-6H3/t21-,22+,23+,24?,29-,30?/m1/s1. The third kappa shape index (κ3) is 4.49. The lowest BCUT2D eigenvalue weighted by atomic mass is 9.66. The minimum atomic E-state index is -0.839. The van der Waals surface area contributed by atoms with Gasteiger partial charge < -0.3 is 19.6 Å². The lowest BCUT2D eigenvalue weighted by molar-refractivity contribution is -0.156. The molecule has 3 saturated heterocycles. The Hall–Kier alpha value is -2.58. The fourth-order valence-corrected chi connectivity index (χ4v) is 9.00. The first-order valence-corrected chi connectivity index (χ1v) is 14.2. The SMILES string of the molecule is C=CCCOC(=O)[C@@H]1[C@H]2C(=O)N([C@H](CO)c3ccccc3)C(C(=O)N(CC=C)C(C)(C)C)C23CC[C@@]1(C)S3. The van der Waals surface area contributed by atoms with Gasteiger partial charge in [-0.1, -0.05) is 42.5 Å². The van der Waals surface area contributed by atoms with Crippen LogP contribution in [0, 0.1) is 11.8 Å². The van der Waals surface area contributed by atoms with Crippen LogP contribution in [0.2, 0.25) is 0 Å². The van der Waals surface area contributed by atoms with Crippen molar-refractivity contribution >= 4 is 29.5 Å². The highest BCUT2D eigenvalue weighted by Crippen LogP contribution is 2.72. The molecule has 1 aromatic rings. The molecule has 2 bridgehead atoms. The molecule has 0 radical (unpaired) electrons. The zero-order valence-corrected chi connectivity index (χ0v) is 23.7. The Balaban J connectivity index is 1.85. The van der Waals surface area contributed by atoms with Crippen molar-refractivity contribution in [3.8, 4) is 0 Å². The Morgan fingerprint density at radius 2 is 1.92 bits per heavy atom. The van der Waals surface area contributed by atoms with E-state index in [0.29, 0.717) is 25.8 Å². The minimum absolute atomic E-state index is 0.181. The van der Waals surface area contributed by atoms with Crippen LogP contribution < -0.4 is 0 Å². The molecule has 0 aromatic heterocycles. The summed E-state index contributed by atoms with van der Waals surface area (Å²) in [6.45, 7) is 15.7. The van der Waals surface area contributed by atoms with E-state index in [1.165, 1.54) is 0 Å². The third-order valence-corrected chi connectivity index (χ3v) is 10.3. The van der Waals surface area contributed by atoms with Crippen LogP contribution in [0.25, 0.3) is 0 Å². The first-order chi connectivity index (χ1) is 18.0. The molecule has 206 valence electrons. The maximum absolute atomic E-state index is 14.6. The van der Waals surface area contributed by atoms with E-state index in [2.05, 4.69) is 13.2 Å². The zero-order valence-electron chi connectivity index (χ0n) is 22.9. The zero-order chi connectivity index (χ0) is 27.9. The van der Waals surface area contributed by atoms with E-state index in [-0.39, 0.29) is 25.0 Å². The summed E-state index contributed by atoms with van der Waals surface area (Å²) in [7, 11) is 0. The van der Waals surface area contributed by atoms with Crippen molar-refractivity contribution in [1.82, 2.24) is 9.80 Å². The second-order valence-electron chi connectivity index (χ2n) is 11.7. The molecular formula is C30H40N2O5S. The summed E-state index contributed by atoms with van der Waals surface area (Å²) in [5, 5.41) is 10.6. The average Bonchev–Trinajstić information content (AvgIpc) is 3.44. The van der Waals surface area contributed by atoms with Crippen molar-refractivity contribution in [3.63, 3.8) is 0 Å². The molecule has 3 aliphatic heterocycles. The molecule has 1 spiro atoms. The van der Waals surface area contributed by atoms with Crippen molar-refractivity contribution < 1.29 is 24.2 Å². The molecule has 2 unspecified atom stereocenters. The Labute approximate surface area is 230 Å². The molecule has 4 rings (SSSR count). The van der Waals surface area contributed by atoms with E-state index < -0.39 is 44.9 Å². The number of amides is 2. The molecule has 0 saturated carbocycles. The van der Waals surface area contributed by atoms with Crippen molar-refractivity contribution in [2.75, 3.05) is 19.8 Å². The van der Waals surface area contributed by atoms with E-state index in [1.807, 2.05) is 58.0 Å². The molecule has 6 atom stereocenters. The van der Waals surface area contributed by atoms with Crippen molar-refractivity contribution in [3.05, 3.63) is 61.2 Å². The van der Waals surface area contributed by atoms with Gasteiger partial charge in [0.1, 0.15) is 6.04 Å². The molecule has 3 aliphatic rings. The van der Waals surface area contributed by atoms with E-state index >= 15 is 0 Å². The molecule has 8 heteroatoms. The summed E-state index contributed by atoms with van der Waals surface area (Å²) < 4.78 is 4.32. The maximum Gasteiger partial charge on any atom is 0.311 e. The van der Waals surface area contributed by atoms with Crippen molar-refractivity contribution in [2.24, 2.45) is 11.8 Å². The summed E-state index contributed by atoms with van der Waals surface area (Å²) in [5.41, 5.74) is 0.226. The summed E-state index contributed by atoms with van der Waals surface area (Å²) in [5.74, 6) is -2.22. The second-order valence-corrected chi connectivity index (χ2v) is 13.6. The Morgan fingerprint density at radius 3 is 2.50 bits per heavy atom. The lowest BCUT2D eigenvalue weighted by Gasteiger charge is -2.43. The number of likely N-dealkylation sites (tertiary alicyclic amines) is 1. The normalized spacial score (nSPS) is 30.6. The number of thioether (sulfide) groups is 1. The number of hydrogen-bond donors (Lipinski definition) is 1. The van der Waals surface area contributed by atoms with Crippen LogP contribution in [0.1, 0.15) is 58.6 Å². The summed E-state index contributed by atoms with van der Waals surface area (Å²) in [6.07, 6.45) is 5.25. The van der Waals surface area contributed by atoms with Crippen LogP contribution in [0.4, 0.5) is 0 Å². The Bertz CT molecular complexity index is 1100. The molecule has 7 nitrogen and oxygen atoms in total. The molecule has 38 heavy (non-hydrogen) atoms. The van der Waals surface area contributed by atoms with Gasteiger partial charge in [0.25, 0.3) is 0 Å². The van der Waals surface area contributed by atoms with Gasteiger partial charge in [-0.3, -0.25) is 14.4 Å². The summed E-state index contributed by atoms with van der Waals surface area (Å²) in [6, 6.07) is 7.75. The van der Waals surface area contributed by atoms with Gasteiger partial charge in [0.15, 0.2) is 0 Å². The minimum Gasteiger partial charge on any atom is -0.465 e. The summed E-state index contributed by atoms with van der Waals surface area (Å²) >= 11 is 1.60. The topological polar surface area (TPSA) is 87.1 Å². The number of rotatable bonds is 10. The van der Waals surface area contributed by atoms with Crippen LogP contribution in [-0.2, 0) is 19.1 Å². The van der Waals surface area contributed by atoms with Gasteiger partial charge in [-0.05, 0) is 52.5 Å². The van der Waals surface area contributed by atoms with Crippen LogP contribution in [0.5, 0.6) is 0 Å². The number of aliphatic hydroxyl groups is 1. The first kappa shape index (κ1) is 28.4. The third-order valence-electron chi connectivity index (χ3n) is 8.35. The highest BCUT2D eigenvalue weighted by molar-refractivity contribution is 8.02. The fraction of sp³-hybridized carbons (Fsp3) is 0.567. The molecule has 3 heterocycles. The number of carbonyl (C=O) groups excluding carboxylic acids is 3. The first-order valence-electron chi connectivity index (χ1n) is 13.3. The van der Waals surface area contributed by atoms with Crippen LogP contribution >= 0.6 is 11.8 Å². The number of ether oxygens (including phenoxy) is 1. The second kappa shape index (κ2) is 10.5. The average molecular weight is 541 g/mol. The monoisotopic (exact) mass is 540 g/mol. The van der Waals surface area contributed by atoms with E-state index in [0.717, 1.165) is 5.56 Å². The van der Waals surface area contributed by atoms with Gasteiger partial charge >= 0.3 is 5.97 Å². The van der Waals surface area contributed by atoms with E-state index in [9.17, 15) is 19.5 Å².